The van der Waals surface area contributed by atoms with E-state index < -0.39 is 31.2 Å². The van der Waals surface area contributed by atoms with Gasteiger partial charge in [0.05, 0.1) is 6.92 Å². The lowest BCUT2D eigenvalue weighted by atomic mass is 10.2. The molecule has 0 radical (unpaired) electrons. The molecule has 0 fully saturated rings. The molecule has 0 aromatic heterocycles. The van der Waals surface area contributed by atoms with E-state index in [1.54, 1.807) is 20.8 Å². The van der Waals surface area contributed by atoms with Gasteiger partial charge in [-0.2, -0.15) is 0 Å². The summed E-state index contributed by atoms with van der Waals surface area (Å²) in [5.41, 5.74) is 7.49. The Labute approximate surface area is 93.5 Å². The highest BCUT2D eigenvalue weighted by Gasteiger charge is 2.31. The van der Waals surface area contributed by atoms with Gasteiger partial charge in [0, 0.05) is 0 Å². The normalized spacial score (nSPS) is 14.6. The minimum Gasteiger partial charge on any atom is -0.459 e. The predicted molar refractivity (Wildman–Crippen MR) is 55.9 cm³/mol. The molecule has 0 rings (SSSR count). The quantitative estimate of drug-likeness (QED) is 0.202. The van der Waals surface area contributed by atoms with Crippen LogP contribution in [0.4, 0.5) is 0 Å². The van der Waals surface area contributed by atoms with Crippen molar-refractivity contribution in [1.82, 2.24) is 0 Å². The van der Waals surface area contributed by atoms with Gasteiger partial charge in [-0.3, -0.25) is 4.79 Å². The number of hydrogen-bond acceptors (Lipinski definition) is 4. The summed E-state index contributed by atoms with van der Waals surface area (Å²) in [6.07, 6.45) is -0.795. The Bertz CT molecular complexity index is 367. The van der Waals surface area contributed by atoms with E-state index in [2.05, 4.69) is 9.31 Å². The van der Waals surface area contributed by atoms with Crippen molar-refractivity contribution in [1.29, 1.82) is 0 Å². The fourth-order valence-corrected chi connectivity index (χ4v) is 1.70. The van der Waals surface area contributed by atoms with Gasteiger partial charge in [-0.15, -0.1) is 4.79 Å². The van der Waals surface area contributed by atoms with Crippen LogP contribution in [0, 0.1) is 0 Å². The average molecular weight is 250 g/mol. The summed E-state index contributed by atoms with van der Waals surface area (Å²) in [6.45, 7) is 6.08. The lowest BCUT2D eigenvalue weighted by Gasteiger charge is -2.19. The number of nitrogens with zero attached hydrogens (tertiary/aromatic N) is 2. The van der Waals surface area contributed by atoms with E-state index in [1.165, 1.54) is 6.92 Å². The summed E-state index contributed by atoms with van der Waals surface area (Å²) < 4.78 is 20.5. The van der Waals surface area contributed by atoms with E-state index in [9.17, 15) is 14.3 Å². The smallest absolute Gasteiger partial charge is 0.453 e. The van der Waals surface area contributed by atoms with E-state index in [0.29, 0.717) is 0 Å². The lowest BCUT2D eigenvalue weighted by Crippen LogP contribution is -2.26. The predicted octanol–water partition coefficient (Wildman–Crippen LogP) is 1.18. The lowest BCUT2D eigenvalue weighted by molar-refractivity contribution is -0.151. The van der Waals surface area contributed by atoms with Crippen LogP contribution in [0.15, 0.2) is 0 Å². The molecule has 7 nitrogen and oxygen atoms in total. The molecule has 0 bridgehead atoms. The van der Waals surface area contributed by atoms with Crippen molar-refractivity contribution in [3.63, 3.8) is 0 Å². The summed E-state index contributed by atoms with van der Waals surface area (Å²) in [7, 11) is -4.17. The van der Waals surface area contributed by atoms with E-state index in [-0.39, 0.29) is 0 Å². The Kier molecular flexibility index (Phi) is 4.87. The van der Waals surface area contributed by atoms with Crippen LogP contribution in [-0.2, 0) is 18.6 Å². The highest BCUT2D eigenvalue weighted by molar-refractivity contribution is 7.54. The number of carbonyl (C=O) groups is 1. The van der Waals surface area contributed by atoms with Gasteiger partial charge in [-0.05, 0) is 20.8 Å². The molecule has 1 atom stereocenters. The Morgan fingerprint density at radius 3 is 2.38 bits per heavy atom. The molecular formula is C8H15N2O5P. The van der Waals surface area contributed by atoms with Crippen LogP contribution in [0.1, 0.15) is 27.7 Å². The molecule has 0 saturated carbocycles. The van der Waals surface area contributed by atoms with E-state index in [0.717, 1.165) is 0 Å². The first kappa shape index (κ1) is 14.8. The molecule has 1 N–H and O–H groups in total. The van der Waals surface area contributed by atoms with Gasteiger partial charge in [0.15, 0.2) is 6.16 Å². The molecule has 1 unspecified atom stereocenters. The van der Waals surface area contributed by atoms with Crippen molar-refractivity contribution in [2.75, 3.05) is 6.16 Å². The topological polar surface area (TPSA) is 109 Å². The zero-order valence-electron chi connectivity index (χ0n) is 9.63. The molecule has 0 aromatic rings. The van der Waals surface area contributed by atoms with Crippen molar-refractivity contribution < 1.29 is 28.3 Å². The number of esters is 1. The molecule has 0 aliphatic heterocycles. The second-order valence-corrected chi connectivity index (χ2v) is 5.87. The van der Waals surface area contributed by atoms with Crippen LogP contribution in [-0.4, -0.2) is 33.3 Å². The molecule has 0 saturated heterocycles. The van der Waals surface area contributed by atoms with Crippen LogP contribution in [0.25, 0.3) is 5.53 Å². The van der Waals surface area contributed by atoms with Gasteiger partial charge < -0.3 is 19.7 Å². The largest absolute Gasteiger partial charge is 0.459 e. The maximum Gasteiger partial charge on any atom is 0.453 e. The van der Waals surface area contributed by atoms with E-state index in [1.807, 2.05) is 0 Å². The fraction of sp³-hybridized carbons (Fsp3) is 0.750. The second kappa shape index (κ2) is 5.25. The van der Waals surface area contributed by atoms with Crippen molar-refractivity contribution in [3.8, 4) is 0 Å². The summed E-state index contributed by atoms with van der Waals surface area (Å²) in [6, 6.07) is 0. The number of carbonyl (C=O) groups excluding carboxylic acids is 1. The van der Waals surface area contributed by atoms with E-state index >= 15 is 0 Å². The zero-order chi connectivity index (χ0) is 13.0. The molecule has 92 valence electrons. The Morgan fingerprint density at radius 2 is 2.00 bits per heavy atom. The SMILES string of the molecule is CC(=[N+]=[N-])OP(=O)(O)CC(=O)OC(C)(C)C. The Balaban J connectivity index is 4.44. The van der Waals surface area contributed by atoms with Gasteiger partial charge in [0.1, 0.15) is 5.60 Å². The third-order valence-corrected chi connectivity index (χ3v) is 2.37. The molecule has 0 spiro atoms. The van der Waals surface area contributed by atoms with Gasteiger partial charge in [-0.25, -0.2) is 4.57 Å². The van der Waals surface area contributed by atoms with Crippen LogP contribution in [0.3, 0.4) is 0 Å². The first-order valence-corrected chi connectivity index (χ1v) is 6.24. The second-order valence-electron chi connectivity index (χ2n) is 4.09. The Morgan fingerprint density at radius 1 is 1.50 bits per heavy atom. The molecule has 0 aromatic carbocycles. The molecular weight excluding hydrogens is 235 g/mol. The summed E-state index contributed by atoms with van der Waals surface area (Å²) in [5, 5.41) is 0. The van der Waals surface area contributed by atoms with Gasteiger partial charge in [0.2, 0.25) is 0 Å². The van der Waals surface area contributed by atoms with Crippen molar-refractivity contribution in [3.05, 3.63) is 5.53 Å². The van der Waals surface area contributed by atoms with Crippen LogP contribution < -0.4 is 0 Å². The van der Waals surface area contributed by atoms with Gasteiger partial charge >= 0.3 is 19.5 Å². The minimum absolute atomic E-state index is 0.394. The van der Waals surface area contributed by atoms with Crippen molar-refractivity contribution in [2.24, 2.45) is 0 Å². The maximum atomic E-state index is 11.3. The summed E-state index contributed by atoms with van der Waals surface area (Å²) in [5.74, 6) is -1.25. The van der Waals surface area contributed by atoms with Crippen molar-refractivity contribution in [2.45, 2.75) is 33.3 Å². The van der Waals surface area contributed by atoms with Crippen molar-refractivity contribution >= 4 is 19.5 Å². The first-order valence-electron chi connectivity index (χ1n) is 4.48. The first-order chi connectivity index (χ1) is 7.06. The van der Waals surface area contributed by atoms with Crippen LogP contribution in [0.2, 0.25) is 0 Å². The minimum atomic E-state index is -4.17. The average Bonchev–Trinajstić information content (AvgIpc) is 1.97. The van der Waals surface area contributed by atoms with Gasteiger partial charge in [0.25, 0.3) is 0 Å². The highest BCUT2D eigenvalue weighted by Crippen LogP contribution is 2.41. The van der Waals surface area contributed by atoms with E-state index in [4.69, 9.17) is 10.3 Å². The zero-order valence-corrected chi connectivity index (χ0v) is 10.5. The third kappa shape index (κ3) is 7.17. The highest BCUT2D eigenvalue weighted by atomic mass is 31.2. The maximum absolute atomic E-state index is 11.3. The number of ether oxygens (including phenoxy) is 1. The molecule has 8 heteroatoms. The standard InChI is InChI=1S/C8H15N2O5P/c1-6(10-9)15-16(12,13)5-7(11)14-8(2,3)4/h5H2,1-4H3,(H,12,13). The van der Waals surface area contributed by atoms with Crippen LogP contribution in [0.5, 0.6) is 0 Å². The monoisotopic (exact) mass is 250 g/mol. The number of hydrogen-bond donors (Lipinski definition) is 1. The fourth-order valence-electron chi connectivity index (χ4n) is 0.794. The molecule has 16 heavy (non-hydrogen) atoms. The number of rotatable bonds is 3. The molecule has 0 aliphatic rings. The molecule has 0 amide bonds. The Hall–Kier alpha value is -1.16. The third-order valence-electron chi connectivity index (χ3n) is 1.16. The summed E-state index contributed by atoms with van der Waals surface area (Å²) >= 11 is 0. The summed E-state index contributed by atoms with van der Waals surface area (Å²) in [4.78, 5) is 23.0. The molecule has 0 aliphatic carbocycles. The van der Waals surface area contributed by atoms with Crippen LogP contribution >= 0.6 is 7.60 Å². The molecule has 0 heterocycles. The van der Waals surface area contributed by atoms with Gasteiger partial charge in [-0.1, -0.05) is 0 Å².